The van der Waals surface area contributed by atoms with Crippen LogP contribution in [-0.2, 0) is 31.8 Å². The third-order valence-electron chi connectivity index (χ3n) is 10.9. The fourth-order valence-electron chi connectivity index (χ4n) is 8.40. The molecule has 2 fully saturated rings. The highest BCUT2D eigenvalue weighted by Crippen LogP contribution is 2.47. The van der Waals surface area contributed by atoms with Crippen molar-refractivity contribution in [2.75, 3.05) is 26.9 Å². The number of benzene rings is 2. The van der Waals surface area contributed by atoms with Gasteiger partial charge in [0.15, 0.2) is 0 Å². The van der Waals surface area contributed by atoms with Crippen molar-refractivity contribution in [1.82, 2.24) is 0 Å². The maximum absolute atomic E-state index is 11.2. The summed E-state index contributed by atoms with van der Waals surface area (Å²) in [5.74, 6) is 3.00. The zero-order valence-electron chi connectivity index (χ0n) is 29.2. The van der Waals surface area contributed by atoms with Gasteiger partial charge in [0.1, 0.15) is 6.61 Å². The van der Waals surface area contributed by atoms with Crippen LogP contribution in [0.5, 0.6) is 0 Å². The molecule has 4 nitrogen and oxygen atoms in total. The first-order valence-electron chi connectivity index (χ1n) is 18.4. The number of carbonyl (C=O) groups is 1. The van der Waals surface area contributed by atoms with Crippen LogP contribution >= 0.6 is 0 Å². The highest BCUT2D eigenvalue weighted by molar-refractivity contribution is 5.65. The Bertz CT molecular complexity index is 1160. The first kappa shape index (κ1) is 35.7. The van der Waals surface area contributed by atoms with Gasteiger partial charge in [-0.05, 0) is 147 Å². The third kappa shape index (κ3) is 10.7. The van der Waals surface area contributed by atoms with Gasteiger partial charge < -0.3 is 14.2 Å². The summed E-state index contributed by atoms with van der Waals surface area (Å²) >= 11 is 0. The predicted octanol–water partition coefficient (Wildman–Crippen LogP) is 10.6. The number of aryl methyl sites for hydroxylation is 3. The molecule has 0 spiro atoms. The molecule has 0 heterocycles. The summed E-state index contributed by atoms with van der Waals surface area (Å²) in [6.45, 7) is 9.80. The van der Waals surface area contributed by atoms with E-state index in [1.165, 1.54) is 106 Å². The zero-order chi connectivity index (χ0) is 32.0. The SMILES string of the molecule is CCCCCc1ccc(C2CCC(C3CCC(c4ccc(C(CCCOC)OCCOC(C)=O)cc4CC)CC3)CC2)c(C)c1. The smallest absolute Gasteiger partial charge is 0.302 e. The van der Waals surface area contributed by atoms with Crippen LogP contribution in [0.15, 0.2) is 36.4 Å². The molecule has 2 aliphatic carbocycles. The lowest BCUT2D eigenvalue weighted by Gasteiger charge is -2.38. The van der Waals surface area contributed by atoms with Crippen LogP contribution in [0, 0.1) is 18.8 Å². The molecule has 2 saturated carbocycles. The number of hydrogen-bond acceptors (Lipinski definition) is 4. The molecule has 4 heteroatoms. The van der Waals surface area contributed by atoms with Crippen LogP contribution in [0.4, 0.5) is 0 Å². The molecular weight excluding hydrogens is 556 g/mol. The molecule has 0 saturated heterocycles. The molecule has 4 rings (SSSR count). The second-order valence-electron chi connectivity index (χ2n) is 14.0. The molecule has 0 amide bonds. The molecule has 0 aromatic heterocycles. The van der Waals surface area contributed by atoms with Crippen molar-refractivity contribution in [1.29, 1.82) is 0 Å². The minimum atomic E-state index is -0.261. The number of rotatable bonds is 17. The quantitative estimate of drug-likeness (QED) is 0.131. The van der Waals surface area contributed by atoms with Crippen molar-refractivity contribution in [3.8, 4) is 0 Å². The summed E-state index contributed by atoms with van der Waals surface area (Å²) in [7, 11) is 1.75. The van der Waals surface area contributed by atoms with E-state index >= 15 is 0 Å². The number of methoxy groups -OCH3 is 1. The van der Waals surface area contributed by atoms with E-state index in [0.29, 0.717) is 19.1 Å². The van der Waals surface area contributed by atoms with Gasteiger partial charge in [-0.15, -0.1) is 0 Å². The maximum atomic E-state index is 11.2. The highest BCUT2D eigenvalue weighted by atomic mass is 16.6. The zero-order valence-corrected chi connectivity index (χ0v) is 29.2. The van der Waals surface area contributed by atoms with Gasteiger partial charge in [-0.3, -0.25) is 4.79 Å². The monoisotopic (exact) mass is 618 g/mol. The van der Waals surface area contributed by atoms with E-state index in [1.807, 2.05) is 0 Å². The molecule has 0 N–H and O–H groups in total. The fourth-order valence-corrected chi connectivity index (χ4v) is 8.40. The number of ether oxygens (including phenoxy) is 3. The lowest BCUT2D eigenvalue weighted by atomic mass is 9.67. The molecule has 2 aliphatic rings. The summed E-state index contributed by atoms with van der Waals surface area (Å²) < 4.78 is 16.6. The molecule has 0 radical (unpaired) electrons. The molecule has 250 valence electrons. The summed E-state index contributed by atoms with van der Waals surface area (Å²) in [6.07, 6.45) is 19.0. The van der Waals surface area contributed by atoms with Gasteiger partial charge in [-0.25, -0.2) is 0 Å². The average Bonchev–Trinajstić information content (AvgIpc) is 3.06. The lowest BCUT2D eigenvalue weighted by molar-refractivity contribution is -0.143. The van der Waals surface area contributed by atoms with E-state index < -0.39 is 0 Å². The van der Waals surface area contributed by atoms with Gasteiger partial charge in [0.25, 0.3) is 0 Å². The number of esters is 1. The topological polar surface area (TPSA) is 44.8 Å². The van der Waals surface area contributed by atoms with Gasteiger partial charge in [-0.1, -0.05) is 63.1 Å². The van der Waals surface area contributed by atoms with Crippen LogP contribution in [0.1, 0.15) is 156 Å². The second-order valence-corrected chi connectivity index (χ2v) is 14.0. The van der Waals surface area contributed by atoms with Crippen LogP contribution in [0.25, 0.3) is 0 Å². The minimum Gasteiger partial charge on any atom is -0.463 e. The Hall–Kier alpha value is -2.17. The minimum absolute atomic E-state index is 0.00607. The van der Waals surface area contributed by atoms with Crippen LogP contribution in [0.3, 0.4) is 0 Å². The Morgan fingerprint density at radius 2 is 1.47 bits per heavy atom. The summed E-state index contributed by atoms with van der Waals surface area (Å²) in [5.41, 5.74) is 8.96. The summed E-state index contributed by atoms with van der Waals surface area (Å²) in [4.78, 5) is 11.2. The van der Waals surface area contributed by atoms with Crippen LogP contribution in [-0.4, -0.2) is 32.9 Å². The fraction of sp³-hybridized carbons (Fsp3) is 0.683. The van der Waals surface area contributed by atoms with Gasteiger partial charge in [0, 0.05) is 20.6 Å². The van der Waals surface area contributed by atoms with E-state index in [4.69, 9.17) is 14.2 Å². The largest absolute Gasteiger partial charge is 0.463 e. The van der Waals surface area contributed by atoms with Crippen LogP contribution < -0.4 is 0 Å². The van der Waals surface area contributed by atoms with Crippen molar-refractivity contribution in [2.24, 2.45) is 11.8 Å². The van der Waals surface area contributed by atoms with E-state index in [-0.39, 0.29) is 12.1 Å². The van der Waals surface area contributed by atoms with Crippen molar-refractivity contribution in [2.45, 2.75) is 142 Å². The van der Waals surface area contributed by atoms with E-state index in [2.05, 4.69) is 57.2 Å². The normalized spacial score (nSPS) is 22.7. The van der Waals surface area contributed by atoms with Crippen molar-refractivity contribution in [3.63, 3.8) is 0 Å². The molecule has 45 heavy (non-hydrogen) atoms. The number of hydrogen-bond donors (Lipinski definition) is 0. The van der Waals surface area contributed by atoms with Crippen molar-refractivity contribution < 1.29 is 19.0 Å². The second kappa shape index (κ2) is 18.8. The Balaban J connectivity index is 1.29. The van der Waals surface area contributed by atoms with Gasteiger partial charge in [0.05, 0.1) is 12.7 Å². The first-order chi connectivity index (χ1) is 21.9. The molecule has 1 unspecified atom stereocenters. The molecule has 1 atom stereocenters. The molecular formula is C41H62O4. The Morgan fingerprint density at radius 1 is 0.800 bits per heavy atom. The Labute approximate surface area is 275 Å². The summed E-state index contributed by atoms with van der Waals surface area (Å²) in [5, 5.41) is 0. The van der Waals surface area contributed by atoms with Crippen LogP contribution in [0.2, 0.25) is 0 Å². The van der Waals surface area contributed by atoms with Crippen molar-refractivity contribution in [3.05, 3.63) is 69.8 Å². The standard InChI is InChI=1S/C41H62O4/c1-6-8-9-11-32-13-23-39(30(3)28-32)36-18-14-34(15-19-36)35-16-20-37(21-17-35)40-24-22-38(29-33(40)7-2)41(12-10-25-43-5)45-27-26-44-31(4)42/h13,22-24,28-29,34-37,41H,6-12,14-21,25-27H2,1-5H3. The van der Waals surface area contributed by atoms with E-state index in [0.717, 1.165) is 43.6 Å². The lowest BCUT2D eigenvalue weighted by Crippen LogP contribution is -2.25. The van der Waals surface area contributed by atoms with Crippen molar-refractivity contribution >= 4 is 5.97 Å². The summed E-state index contributed by atoms with van der Waals surface area (Å²) in [6, 6.07) is 14.5. The maximum Gasteiger partial charge on any atom is 0.302 e. The third-order valence-corrected chi connectivity index (χ3v) is 10.9. The molecule has 2 aromatic rings. The van der Waals surface area contributed by atoms with Gasteiger partial charge in [0.2, 0.25) is 0 Å². The predicted molar refractivity (Wildman–Crippen MR) is 186 cm³/mol. The first-order valence-corrected chi connectivity index (χ1v) is 18.4. The Kier molecular flexibility index (Phi) is 14.9. The van der Waals surface area contributed by atoms with E-state index in [9.17, 15) is 4.79 Å². The molecule has 2 aromatic carbocycles. The average molecular weight is 619 g/mol. The van der Waals surface area contributed by atoms with E-state index in [1.54, 1.807) is 18.2 Å². The molecule has 0 aliphatic heterocycles. The number of carbonyl (C=O) groups excluding carboxylic acids is 1. The molecule has 0 bridgehead atoms. The van der Waals surface area contributed by atoms with Gasteiger partial charge in [-0.2, -0.15) is 0 Å². The highest BCUT2D eigenvalue weighted by Gasteiger charge is 2.32. The van der Waals surface area contributed by atoms with Gasteiger partial charge >= 0.3 is 5.97 Å². The number of unbranched alkanes of at least 4 members (excludes halogenated alkanes) is 2. The Morgan fingerprint density at radius 3 is 2.07 bits per heavy atom.